The summed E-state index contributed by atoms with van der Waals surface area (Å²) in [5.41, 5.74) is 0.978. The highest BCUT2D eigenvalue weighted by Gasteiger charge is 2.14. The molecule has 0 aliphatic rings. The van der Waals surface area contributed by atoms with Gasteiger partial charge in [-0.05, 0) is 48.9 Å². The van der Waals surface area contributed by atoms with Gasteiger partial charge in [0.2, 0.25) is 5.13 Å². The molecule has 10 heteroatoms. The van der Waals surface area contributed by atoms with Crippen LogP contribution >= 0.6 is 34.7 Å². The number of nitrogens with zero attached hydrogens (tertiary/aromatic N) is 2. The maximum Gasteiger partial charge on any atom is 0.294 e. The van der Waals surface area contributed by atoms with Crippen molar-refractivity contribution in [2.24, 2.45) is 0 Å². The molecule has 6 nitrogen and oxygen atoms in total. The predicted molar refractivity (Wildman–Crippen MR) is 105 cm³/mol. The molecule has 0 unspecified atom stereocenters. The van der Waals surface area contributed by atoms with Crippen LogP contribution in [0, 0.1) is 6.92 Å². The van der Waals surface area contributed by atoms with E-state index in [9.17, 15) is 13.0 Å². The summed E-state index contributed by atoms with van der Waals surface area (Å²) >= 11 is 8.86. The van der Waals surface area contributed by atoms with Gasteiger partial charge < -0.3 is 5.32 Å². The second kappa shape index (κ2) is 7.93. The number of anilines is 2. The third-order valence-corrected chi connectivity index (χ3v) is 6.65. The lowest BCUT2D eigenvalue weighted by molar-refractivity contribution is 0.482. The Hall–Kier alpha value is -1.65. The lowest BCUT2D eigenvalue weighted by atomic mass is 10.2. The summed E-state index contributed by atoms with van der Waals surface area (Å²) in [4.78, 5) is 0.945. The maximum absolute atomic E-state index is 11.4. The number of rotatable bonds is 6. The van der Waals surface area contributed by atoms with Crippen molar-refractivity contribution in [3.8, 4) is 0 Å². The summed E-state index contributed by atoms with van der Waals surface area (Å²) in [5.74, 6) is 0.658. The molecule has 1 heterocycles. The molecule has 0 bridgehead atoms. The van der Waals surface area contributed by atoms with Crippen molar-refractivity contribution >= 4 is 55.6 Å². The Morgan fingerprint density at radius 2 is 1.92 bits per heavy atom. The van der Waals surface area contributed by atoms with E-state index < -0.39 is 10.1 Å². The van der Waals surface area contributed by atoms with Gasteiger partial charge in [-0.15, -0.1) is 22.0 Å². The molecule has 0 saturated heterocycles. The Morgan fingerprint density at radius 1 is 1.19 bits per heavy atom. The first-order chi connectivity index (χ1) is 12.3. The molecule has 0 saturated carbocycles. The van der Waals surface area contributed by atoms with Crippen molar-refractivity contribution in [3.63, 3.8) is 0 Å². The highest BCUT2D eigenvalue weighted by atomic mass is 35.5. The smallest absolute Gasteiger partial charge is 0.294 e. The van der Waals surface area contributed by atoms with Crippen LogP contribution in [-0.2, 0) is 15.9 Å². The lowest BCUT2D eigenvalue weighted by Crippen LogP contribution is -2.02. The molecule has 0 aliphatic carbocycles. The topological polar surface area (TPSA) is 92.2 Å². The first kappa shape index (κ1) is 19.1. The largest absolute Gasteiger partial charge is 0.330 e. The zero-order chi connectivity index (χ0) is 18.7. The van der Waals surface area contributed by atoms with Crippen molar-refractivity contribution < 1.29 is 13.0 Å². The summed E-state index contributed by atoms with van der Waals surface area (Å²) in [7, 11) is -4.27. The van der Waals surface area contributed by atoms with Crippen molar-refractivity contribution in [1.82, 2.24) is 10.2 Å². The van der Waals surface area contributed by atoms with Crippen molar-refractivity contribution in [2.45, 2.75) is 22.5 Å². The number of hydrogen-bond donors (Lipinski definition) is 2. The van der Waals surface area contributed by atoms with Crippen LogP contribution in [0.4, 0.5) is 10.8 Å². The van der Waals surface area contributed by atoms with E-state index in [1.165, 1.54) is 17.4 Å². The predicted octanol–water partition coefficient (Wildman–Crippen LogP) is 4.78. The molecular weight excluding hydrogens is 414 g/mol. The van der Waals surface area contributed by atoms with E-state index >= 15 is 0 Å². The fourth-order valence-corrected chi connectivity index (χ4v) is 4.64. The fourth-order valence-electron chi connectivity index (χ4n) is 2.12. The molecule has 1 aromatic heterocycles. The van der Waals surface area contributed by atoms with Gasteiger partial charge in [-0.2, -0.15) is 8.42 Å². The molecule has 0 spiro atoms. The molecule has 26 heavy (non-hydrogen) atoms. The minimum atomic E-state index is -4.27. The van der Waals surface area contributed by atoms with E-state index in [4.69, 9.17) is 11.6 Å². The van der Waals surface area contributed by atoms with Gasteiger partial charge in [0.15, 0.2) is 0 Å². The van der Waals surface area contributed by atoms with E-state index in [-0.39, 0.29) is 4.90 Å². The first-order valence-corrected chi connectivity index (χ1v) is 11.0. The molecule has 0 aliphatic heterocycles. The number of benzene rings is 2. The van der Waals surface area contributed by atoms with Gasteiger partial charge in [0.1, 0.15) is 5.01 Å². The summed E-state index contributed by atoms with van der Waals surface area (Å²) in [5, 5.41) is 13.3. The summed E-state index contributed by atoms with van der Waals surface area (Å²) in [6, 6.07) is 12.3. The molecule has 0 fully saturated rings. The molecule has 0 radical (unpaired) electrons. The Balaban J connectivity index is 1.68. The minimum absolute atomic E-state index is 0.134. The van der Waals surface area contributed by atoms with Crippen molar-refractivity contribution in [2.75, 3.05) is 5.32 Å². The Kier molecular flexibility index (Phi) is 5.83. The lowest BCUT2D eigenvalue weighted by Gasteiger charge is -2.06. The van der Waals surface area contributed by atoms with E-state index in [1.54, 1.807) is 30.8 Å². The summed E-state index contributed by atoms with van der Waals surface area (Å²) in [6.07, 6.45) is 0. The Labute approximate surface area is 164 Å². The molecule has 3 aromatic rings. The standard InChI is InChI=1S/C16H14ClN3O3S3/c1-10-2-5-12(8-14(10)26(21,22)23)18-16-20-19-15(25-16)9-24-13-6-3-11(17)4-7-13/h2-8H,9H2,1H3,(H,18,20)(H,21,22,23). The maximum atomic E-state index is 11.4. The monoisotopic (exact) mass is 427 g/mol. The third kappa shape index (κ3) is 4.95. The van der Waals surface area contributed by atoms with Crippen LogP contribution in [0.1, 0.15) is 10.6 Å². The van der Waals surface area contributed by atoms with Crippen LogP contribution in [-0.4, -0.2) is 23.2 Å². The Bertz CT molecular complexity index is 1020. The average molecular weight is 428 g/mol. The van der Waals surface area contributed by atoms with Gasteiger partial charge in [-0.25, -0.2) is 0 Å². The number of nitrogens with one attached hydrogen (secondary N) is 1. The third-order valence-electron chi connectivity index (χ3n) is 3.36. The van der Waals surface area contributed by atoms with Crippen LogP contribution in [0.15, 0.2) is 52.3 Å². The number of halogens is 1. The molecule has 2 N–H and O–H groups in total. The van der Waals surface area contributed by atoms with E-state index in [2.05, 4.69) is 15.5 Å². The van der Waals surface area contributed by atoms with Crippen molar-refractivity contribution in [3.05, 3.63) is 58.1 Å². The minimum Gasteiger partial charge on any atom is -0.330 e. The van der Waals surface area contributed by atoms with Gasteiger partial charge in [0.05, 0.1) is 10.6 Å². The molecule has 0 amide bonds. The second-order valence-electron chi connectivity index (χ2n) is 5.32. The van der Waals surface area contributed by atoms with Gasteiger partial charge in [0.25, 0.3) is 10.1 Å². The van der Waals surface area contributed by atoms with E-state index in [0.29, 0.717) is 27.2 Å². The van der Waals surface area contributed by atoms with Crippen LogP contribution in [0.5, 0.6) is 0 Å². The molecule has 136 valence electrons. The normalized spacial score (nSPS) is 11.5. The fraction of sp³-hybridized carbons (Fsp3) is 0.125. The zero-order valence-electron chi connectivity index (χ0n) is 13.5. The molecule has 2 aromatic carbocycles. The van der Waals surface area contributed by atoms with Crippen LogP contribution in [0.2, 0.25) is 5.02 Å². The number of aryl methyl sites for hydroxylation is 1. The van der Waals surface area contributed by atoms with Crippen LogP contribution in [0.25, 0.3) is 0 Å². The van der Waals surface area contributed by atoms with Crippen LogP contribution in [0.3, 0.4) is 0 Å². The highest BCUT2D eigenvalue weighted by Crippen LogP contribution is 2.29. The summed E-state index contributed by atoms with van der Waals surface area (Å²) < 4.78 is 32.1. The molecule has 0 atom stereocenters. The average Bonchev–Trinajstić information content (AvgIpc) is 3.02. The van der Waals surface area contributed by atoms with Gasteiger partial charge in [-0.1, -0.05) is 29.0 Å². The first-order valence-electron chi connectivity index (χ1n) is 7.37. The SMILES string of the molecule is Cc1ccc(Nc2nnc(CSc3ccc(Cl)cc3)s2)cc1S(=O)(=O)O. The summed E-state index contributed by atoms with van der Waals surface area (Å²) in [6.45, 7) is 1.62. The quantitative estimate of drug-likeness (QED) is 0.431. The van der Waals surface area contributed by atoms with Gasteiger partial charge in [0, 0.05) is 15.6 Å². The van der Waals surface area contributed by atoms with E-state index in [1.807, 2.05) is 24.3 Å². The van der Waals surface area contributed by atoms with Crippen molar-refractivity contribution in [1.29, 1.82) is 0 Å². The van der Waals surface area contributed by atoms with Gasteiger partial charge in [-0.3, -0.25) is 4.55 Å². The van der Waals surface area contributed by atoms with Crippen LogP contribution < -0.4 is 5.32 Å². The second-order valence-corrected chi connectivity index (χ2v) is 9.26. The number of hydrogen-bond acceptors (Lipinski definition) is 7. The molecular formula is C16H14ClN3O3S3. The number of aromatic nitrogens is 2. The number of thioether (sulfide) groups is 1. The Morgan fingerprint density at radius 3 is 2.62 bits per heavy atom. The van der Waals surface area contributed by atoms with Gasteiger partial charge >= 0.3 is 0 Å². The molecule has 3 rings (SSSR count). The zero-order valence-corrected chi connectivity index (χ0v) is 16.7. The van der Waals surface area contributed by atoms with E-state index in [0.717, 1.165) is 9.90 Å². The highest BCUT2D eigenvalue weighted by molar-refractivity contribution is 7.98.